The van der Waals surface area contributed by atoms with Crippen LogP contribution in [0.5, 0.6) is 0 Å². The molecule has 0 unspecified atom stereocenters. The monoisotopic (exact) mass is 475 g/mol. The summed E-state index contributed by atoms with van der Waals surface area (Å²) in [4.78, 5) is 15.6. The van der Waals surface area contributed by atoms with Gasteiger partial charge in [-0.05, 0) is 36.4 Å². The summed E-state index contributed by atoms with van der Waals surface area (Å²) >= 11 is 0. The van der Waals surface area contributed by atoms with E-state index in [9.17, 15) is 0 Å². The Balaban J connectivity index is 0.00000363. The number of hydrogen-bond donors (Lipinski definition) is 3. The molecule has 3 aromatic heterocycles. The van der Waals surface area contributed by atoms with E-state index in [1.165, 1.54) is 0 Å². The van der Waals surface area contributed by atoms with Gasteiger partial charge in [0.15, 0.2) is 0 Å². The first kappa shape index (κ1) is 26.1. The largest absolute Gasteiger partial charge is 0.310 e. The molecule has 7 nitrogen and oxygen atoms in total. The van der Waals surface area contributed by atoms with E-state index in [1.54, 1.807) is 0 Å². The van der Waals surface area contributed by atoms with Crippen molar-refractivity contribution in [3.8, 4) is 0 Å². The minimum absolute atomic E-state index is 0. The Kier molecular flexibility index (Phi) is 13.4. The Morgan fingerprint density at radius 1 is 0.531 bits per heavy atom. The summed E-state index contributed by atoms with van der Waals surface area (Å²) in [6.45, 7) is 8.14. The van der Waals surface area contributed by atoms with Gasteiger partial charge in [-0.1, -0.05) is 18.2 Å². The molecule has 0 radical (unpaired) electrons. The molecule has 8 heteroatoms. The molecule has 0 saturated heterocycles. The second-order valence-electron chi connectivity index (χ2n) is 7.34. The Labute approximate surface area is 201 Å². The molecule has 0 amide bonds. The van der Waals surface area contributed by atoms with Crippen LogP contribution < -0.4 is 16.0 Å². The van der Waals surface area contributed by atoms with Crippen LogP contribution in [-0.2, 0) is 36.7 Å². The molecule has 0 bridgehead atoms. The molecule has 0 aliphatic heterocycles. The first-order chi connectivity index (χ1) is 15.4. The third-order valence-electron chi connectivity index (χ3n) is 4.91. The third-order valence-corrected chi connectivity index (χ3v) is 4.91. The second-order valence-corrected chi connectivity index (χ2v) is 7.34. The molecule has 0 saturated carbocycles. The Morgan fingerprint density at radius 3 is 1.16 bits per heavy atom. The minimum atomic E-state index is 0. The summed E-state index contributed by atoms with van der Waals surface area (Å²) in [5, 5.41) is 10.5. The maximum Gasteiger partial charge on any atom is 0.0541 e. The van der Waals surface area contributed by atoms with E-state index in [0.29, 0.717) is 0 Å². The van der Waals surface area contributed by atoms with Crippen LogP contribution >= 0.6 is 0 Å². The average molecular weight is 475 g/mol. The topological polar surface area (TPSA) is 78.0 Å². The molecule has 0 aliphatic carbocycles. The molecule has 172 valence electrons. The summed E-state index contributed by atoms with van der Waals surface area (Å²) in [6.07, 6.45) is 5.51. The summed E-state index contributed by atoms with van der Waals surface area (Å²) < 4.78 is 0. The van der Waals surface area contributed by atoms with Crippen molar-refractivity contribution in [2.75, 3.05) is 39.3 Å². The summed E-state index contributed by atoms with van der Waals surface area (Å²) in [6, 6.07) is 18.1. The third kappa shape index (κ3) is 10.9. The summed E-state index contributed by atoms with van der Waals surface area (Å²) in [7, 11) is 0. The molecule has 0 fully saturated rings. The predicted molar refractivity (Wildman–Crippen MR) is 124 cm³/mol. The fraction of sp³-hybridized carbons (Fsp3) is 0.375. The van der Waals surface area contributed by atoms with Crippen molar-refractivity contribution in [2.24, 2.45) is 0 Å². The van der Waals surface area contributed by atoms with E-state index in [4.69, 9.17) is 0 Å². The maximum atomic E-state index is 4.37. The van der Waals surface area contributed by atoms with E-state index in [1.807, 2.05) is 73.2 Å². The molecule has 3 rings (SSSR count). The van der Waals surface area contributed by atoms with E-state index in [0.717, 1.165) is 76.0 Å². The molecule has 3 aromatic rings. The van der Waals surface area contributed by atoms with E-state index in [2.05, 4.69) is 35.8 Å². The van der Waals surface area contributed by atoms with Crippen LogP contribution in [0.15, 0.2) is 73.2 Å². The molecule has 0 spiro atoms. The van der Waals surface area contributed by atoms with Gasteiger partial charge in [-0.15, -0.1) is 0 Å². The first-order valence-electron chi connectivity index (χ1n) is 10.9. The van der Waals surface area contributed by atoms with Gasteiger partial charge in [0.05, 0.1) is 17.1 Å². The number of aromatic nitrogens is 3. The zero-order valence-corrected chi connectivity index (χ0v) is 19.5. The van der Waals surface area contributed by atoms with E-state index in [-0.39, 0.29) is 17.1 Å². The molecule has 0 aromatic carbocycles. The van der Waals surface area contributed by atoms with E-state index >= 15 is 0 Å². The number of nitrogens with zero attached hydrogens (tertiary/aromatic N) is 4. The van der Waals surface area contributed by atoms with Crippen molar-refractivity contribution < 1.29 is 17.1 Å². The number of pyridine rings is 3. The Morgan fingerprint density at radius 2 is 0.875 bits per heavy atom. The molecular weight excluding hydrogens is 442 g/mol. The minimum Gasteiger partial charge on any atom is -0.310 e. The van der Waals surface area contributed by atoms with Crippen molar-refractivity contribution in [2.45, 2.75) is 19.6 Å². The SMILES string of the molecule is [Fe].c1ccc(CNCCN(CCNCc2ccccn2)CCNCc2ccccn2)nc1. The molecule has 3 N–H and O–H groups in total. The van der Waals surface area contributed by atoms with Crippen LogP contribution in [0.3, 0.4) is 0 Å². The van der Waals surface area contributed by atoms with Gasteiger partial charge in [-0.2, -0.15) is 0 Å². The summed E-state index contributed by atoms with van der Waals surface area (Å²) in [5.74, 6) is 0. The van der Waals surface area contributed by atoms with Crippen LogP contribution in [0.1, 0.15) is 17.1 Å². The molecular formula is C24H33FeN7. The standard InChI is InChI=1S/C24H33N7.Fe/c1-4-10-28-22(7-1)19-25-13-16-31(17-14-26-20-23-8-2-5-11-29-23)18-15-27-21-24-9-3-6-12-30-24;/h1-12,25-27H,13-21H2;. The Hall–Kier alpha value is -2.19. The van der Waals surface area contributed by atoms with Gasteiger partial charge < -0.3 is 16.0 Å². The zero-order chi connectivity index (χ0) is 21.4. The normalized spacial score (nSPS) is 10.8. The smallest absolute Gasteiger partial charge is 0.0541 e. The van der Waals surface area contributed by atoms with Gasteiger partial charge in [0, 0.05) is 94.6 Å². The average Bonchev–Trinajstić information content (AvgIpc) is 2.83. The molecule has 0 atom stereocenters. The van der Waals surface area contributed by atoms with Crippen LogP contribution in [0.4, 0.5) is 0 Å². The molecule has 32 heavy (non-hydrogen) atoms. The predicted octanol–water partition coefficient (Wildman–Crippen LogP) is 1.84. The fourth-order valence-corrected chi connectivity index (χ4v) is 3.20. The van der Waals surface area contributed by atoms with E-state index < -0.39 is 0 Å². The number of rotatable bonds is 15. The van der Waals surface area contributed by atoms with Crippen molar-refractivity contribution in [3.63, 3.8) is 0 Å². The molecule has 3 heterocycles. The van der Waals surface area contributed by atoms with Crippen LogP contribution in [0.2, 0.25) is 0 Å². The fourth-order valence-electron chi connectivity index (χ4n) is 3.20. The van der Waals surface area contributed by atoms with Crippen molar-refractivity contribution in [1.29, 1.82) is 0 Å². The van der Waals surface area contributed by atoms with Crippen molar-refractivity contribution in [1.82, 2.24) is 35.8 Å². The zero-order valence-electron chi connectivity index (χ0n) is 18.4. The van der Waals surface area contributed by atoms with Crippen LogP contribution in [0, 0.1) is 0 Å². The van der Waals surface area contributed by atoms with Gasteiger partial charge in [0.2, 0.25) is 0 Å². The van der Waals surface area contributed by atoms with Crippen molar-refractivity contribution >= 4 is 0 Å². The molecule has 0 aliphatic rings. The summed E-state index contributed by atoms with van der Waals surface area (Å²) in [5.41, 5.74) is 3.22. The quantitative estimate of drug-likeness (QED) is 0.229. The second kappa shape index (κ2) is 16.4. The van der Waals surface area contributed by atoms with Gasteiger partial charge in [0.25, 0.3) is 0 Å². The van der Waals surface area contributed by atoms with Gasteiger partial charge in [0.1, 0.15) is 0 Å². The van der Waals surface area contributed by atoms with Crippen molar-refractivity contribution in [3.05, 3.63) is 90.3 Å². The maximum absolute atomic E-state index is 4.37. The van der Waals surface area contributed by atoms with Crippen LogP contribution in [-0.4, -0.2) is 59.1 Å². The number of nitrogens with one attached hydrogen (secondary N) is 3. The number of hydrogen-bond acceptors (Lipinski definition) is 7. The first-order valence-corrected chi connectivity index (χ1v) is 10.9. The van der Waals surface area contributed by atoms with Gasteiger partial charge in [-0.3, -0.25) is 19.9 Å². The Bertz CT molecular complexity index is 709. The van der Waals surface area contributed by atoms with Crippen LogP contribution in [0.25, 0.3) is 0 Å². The van der Waals surface area contributed by atoms with Gasteiger partial charge >= 0.3 is 0 Å². The van der Waals surface area contributed by atoms with Gasteiger partial charge in [-0.25, -0.2) is 0 Å².